The molecule has 1 N–H and O–H groups in total. The predicted molar refractivity (Wildman–Crippen MR) is 143 cm³/mol. The largest absolute Gasteiger partial charge is 0.457 e. The number of para-hydroxylation sites is 1. The summed E-state index contributed by atoms with van der Waals surface area (Å²) in [7, 11) is 1.69. The van der Waals surface area contributed by atoms with Crippen molar-refractivity contribution in [1.82, 2.24) is 9.80 Å². The monoisotopic (exact) mass is 509 g/mol. The van der Waals surface area contributed by atoms with Crippen LogP contribution >= 0.6 is 0 Å². The number of nitriles is 1. The normalized spacial score (nSPS) is 21.1. The Kier molecular flexibility index (Phi) is 6.92. The van der Waals surface area contributed by atoms with Gasteiger partial charge in [0.15, 0.2) is 0 Å². The Morgan fingerprint density at radius 2 is 1.89 bits per heavy atom. The van der Waals surface area contributed by atoms with Gasteiger partial charge in [0.25, 0.3) is 5.91 Å². The van der Waals surface area contributed by atoms with Gasteiger partial charge in [-0.2, -0.15) is 5.26 Å². The predicted octanol–water partition coefficient (Wildman–Crippen LogP) is 4.63. The highest BCUT2D eigenvalue weighted by Gasteiger charge is 2.48. The minimum absolute atomic E-state index is 0.142. The SMILES string of the molecule is Cc1ccccc1Oc1ccc2c(c1)[C@@H]1C[C@H](N(C)C(=O)c3ccc(C#N)cc3)[C@H]([C@H](C)O)C(=O)N1CC2. The number of fused-ring (bicyclic) bond motifs is 3. The summed E-state index contributed by atoms with van der Waals surface area (Å²) in [5, 5.41) is 19.8. The third kappa shape index (κ3) is 4.64. The Bertz CT molecular complexity index is 1410. The molecule has 7 heteroatoms. The summed E-state index contributed by atoms with van der Waals surface area (Å²) in [4.78, 5) is 30.6. The Balaban J connectivity index is 1.47. The van der Waals surface area contributed by atoms with Gasteiger partial charge in [0.05, 0.1) is 29.7 Å². The molecule has 0 unspecified atom stereocenters. The van der Waals surface area contributed by atoms with Crippen LogP contribution in [0.15, 0.2) is 66.7 Å². The lowest BCUT2D eigenvalue weighted by molar-refractivity contribution is -0.151. The zero-order chi connectivity index (χ0) is 27.0. The van der Waals surface area contributed by atoms with Gasteiger partial charge in [-0.05, 0) is 85.8 Å². The molecule has 1 fully saturated rings. The van der Waals surface area contributed by atoms with Gasteiger partial charge in [0.2, 0.25) is 5.91 Å². The number of hydrogen-bond donors (Lipinski definition) is 1. The molecular formula is C31H31N3O4. The molecule has 2 amide bonds. The highest BCUT2D eigenvalue weighted by atomic mass is 16.5. The van der Waals surface area contributed by atoms with E-state index in [2.05, 4.69) is 12.1 Å². The molecule has 5 rings (SSSR count). The number of benzene rings is 3. The van der Waals surface area contributed by atoms with Crippen LogP contribution in [-0.4, -0.2) is 52.5 Å². The van der Waals surface area contributed by atoms with Crippen LogP contribution in [0.3, 0.4) is 0 Å². The van der Waals surface area contributed by atoms with Gasteiger partial charge in [-0.3, -0.25) is 9.59 Å². The smallest absolute Gasteiger partial charge is 0.253 e. The van der Waals surface area contributed by atoms with E-state index < -0.39 is 18.1 Å². The van der Waals surface area contributed by atoms with Gasteiger partial charge < -0.3 is 19.6 Å². The summed E-state index contributed by atoms with van der Waals surface area (Å²) in [5.41, 5.74) is 4.11. The van der Waals surface area contributed by atoms with Crippen LogP contribution < -0.4 is 4.74 Å². The first-order valence-corrected chi connectivity index (χ1v) is 12.9. The average Bonchev–Trinajstić information content (AvgIpc) is 2.93. The van der Waals surface area contributed by atoms with Gasteiger partial charge in [-0.25, -0.2) is 0 Å². The molecule has 0 saturated carbocycles. The summed E-state index contributed by atoms with van der Waals surface area (Å²) in [6, 6.07) is 21.6. The van der Waals surface area contributed by atoms with Crippen molar-refractivity contribution >= 4 is 11.8 Å². The fourth-order valence-corrected chi connectivity index (χ4v) is 5.75. The van der Waals surface area contributed by atoms with E-state index in [1.807, 2.05) is 48.2 Å². The minimum atomic E-state index is -0.915. The number of aliphatic hydroxyl groups is 1. The van der Waals surface area contributed by atoms with Crippen molar-refractivity contribution in [2.75, 3.05) is 13.6 Å². The zero-order valence-electron chi connectivity index (χ0n) is 21.8. The number of aliphatic hydroxyl groups excluding tert-OH is 1. The van der Waals surface area contributed by atoms with Crippen LogP contribution in [0.2, 0.25) is 0 Å². The van der Waals surface area contributed by atoms with E-state index >= 15 is 0 Å². The van der Waals surface area contributed by atoms with Crippen molar-refractivity contribution in [3.8, 4) is 17.6 Å². The van der Waals surface area contributed by atoms with Crippen molar-refractivity contribution in [2.24, 2.45) is 5.92 Å². The first-order valence-electron chi connectivity index (χ1n) is 12.9. The van der Waals surface area contributed by atoms with Crippen molar-refractivity contribution in [3.05, 3.63) is 94.5 Å². The van der Waals surface area contributed by atoms with Crippen LogP contribution in [0, 0.1) is 24.2 Å². The quantitative estimate of drug-likeness (QED) is 0.541. The first kappa shape index (κ1) is 25.5. The van der Waals surface area contributed by atoms with Crippen molar-refractivity contribution in [3.63, 3.8) is 0 Å². The molecule has 7 nitrogen and oxygen atoms in total. The highest BCUT2D eigenvalue weighted by molar-refractivity contribution is 5.95. The molecule has 4 atom stereocenters. The summed E-state index contributed by atoms with van der Waals surface area (Å²) >= 11 is 0. The van der Waals surface area contributed by atoms with Gasteiger partial charge >= 0.3 is 0 Å². The molecule has 38 heavy (non-hydrogen) atoms. The standard InChI is InChI=1S/C31H31N3O4/c1-19-6-4-5-7-28(19)38-24-13-12-22-14-15-34-26(25(22)16-24)17-27(29(20(2)35)31(34)37)33(3)30(36)23-10-8-21(18-32)9-11-23/h4-13,16,20,26-27,29,35H,14-15,17H2,1-3H3/t20-,26-,27-,29-/m0/s1. The first-order chi connectivity index (χ1) is 18.3. The number of carbonyl (C=O) groups excluding carboxylic acids is 2. The van der Waals surface area contributed by atoms with E-state index in [1.165, 1.54) is 0 Å². The molecule has 1 saturated heterocycles. The van der Waals surface area contributed by atoms with Crippen LogP contribution in [0.25, 0.3) is 0 Å². The fraction of sp³-hybridized carbons (Fsp3) is 0.323. The molecular weight excluding hydrogens is 478 g/mol. The number of rotatable bonds is 5. The van der Waals surface area contributed by atoms with Crippen molar-refractivity contribution in [1.29, 1.82) is 5.26 Å². The van der Waals surface area contributed by atoms with Gasteiger partial charge in [-0.15, -0.1) is 0 Å². The van der Waals surface area contributed by atoms with Gasteiger partial charge in [0.1, 0.15) is 11.5 Å². The molecule has 2 aliphatic heterocycles. The second kappa shape index (κ2) is 10.3. The number of aryl methyl sites for hydroxylation is 1. The second-order valence-electron chi connectivity index (χ2n) is 10.2. The van der Waals surface area contributed by atoms with E-state index in [0.29, 0.717) is 29.8 Å². The number of piperidine rings is 1. The van der Waals surface area contributed by atoms with E-state index in [1.54, 1.807) is 43.1 Å². The van der Waals surface area contributed by atoms with E-state index in [4.69, 9.17) is 10.00 Å². The average molecular weight is 510 g/mol. The second-order valence-corrected chi connectivity index (χ2v) is 10.2. The van der Waals surface area contributed by atoms with E-state index in [0.717, 1.165) is 28.9 Å². The van der Waals surface area contributed by atoms with Crippen molar-refractivity contribution in [2.45, 2.75) is 44.9 Å². The number of nitrogens with zero attached hydrogens (tertiary/aromatic N) is 3. The van der Waals surface area contributed by atoms with Crippen LogP contribution in [0.1, 0.15) is 52.0 Å². The molecule has 0 spiro atoms. The summed E-state index contributed by atoms with van der Waals surface area (Å²) in [5.74, 6) is 0.352. The zero-order valence-corrected chi connectivity index (χ0v) is 21.8. The van der Waals surface area contributed by atoms with Gasteiger partial charge in [0, 0.05) is 25.2 Å². The third-order valence-electron chi connectivity index (χ3n) is 7.84. The Morgan fingerprint density at radius 3 is 2.58 bits per heavy atom. The number of hydrogen-bond acceptors (Lipinski definition) is 5. The number of ether oxygens (including phenoxy) is 1. The van der Waals surface area contributed by atoms with Crippen LogP contribution in [0.5, 0.6) is 11.5 Å². The summed E-state index contributed by atoms with van der Waals surface area (Å²) in [6.07, 6.45) is 0.307. The maximum atomic E-state index is 13.7. The highest BCUT2D eigenvalue weighted by Crippen LogP contribution is 2.43. The lowest BCUT2D eigenvalue weighted by Gasteiger charge is -2.49. The van der Waals surface area contributed by atoms with Gasteiger partial charge in [-0.1, -0.05) is 24.3 Å². The summed E-state index contributed by atoms with van der Waals surface area (Å²) < 4.78 is 6.20. The molecule has 2 aliphatic rings. The Hall–Kier alpha value is -4.15. The molecule has 194 valence electrons. The van der Waals surface area contributed by atoms with E-state index in [-0.39, 0.29) is 17.9 Å². The third-order valence-corrected chi connectivity index (χ3v) is 7.84. The lowest BCUT2D eigenvalue weighted by atomic mass is 9.77. The number of amides is 2. The Morgan fingerprint density at radius 1 is 1.16 bits per heavy atom. The molecule has 2 heterocycles. The molecule has 3 aromatic rings. The van der Waals surface area contributed by atoms with Crippen molar-refractivity contribution < 1.29 is 19.4 Å². The number of carbonyl (C=O) groups is 2. The Labute approximate surface area is 222 Å². The molecule has 0 radical (unpaired) electrons. The van der Waals surface area contributed by atoms with Crippen LogP contribution in [-0.2, 0) is 11.2 Å². The molecule has 0 aliphatic carbocycles. The topological polar surface area (TPSA) is 93.9 Å². The maximum Gasteiger partial charge on any atom is 0.253 e. The maximum absolute atomic E-state index is 13.7. The van der Waals surface area contributed by atoms with E-state index in [9.17, 15) is 14.7 Å². The molecule has 0 aromatic heterocycles. The molecule has 3 aromatic carbocycles. The van der Waals surface area contributed by atoms with Crippen LogP contribution in [0.4, 0.5) is 0 Å². The fourth-order valence-electron chi connectivity index (χ4n) is 5.75. The molecule has 0 bridgehead atoms. The lowest BCUT2D eigenvalue weighted by Crippen LogP contribution is -2.59. The minimum Gasteiger partial charge on any atom is -0.457 e. The summed E-state index contributed by atoms with van der Waals surface area (Å²) in [6.45, 7) is 4.18.